The monoisotopic (exact) mass is 283 g/mol. The summed E-state index contributed by atoms with van der Waals surface area (Å²) in [7, 11) is 1.71. The topological polar surface area (TPSA) is 47.5 Å². The van der Waals surface area contributed by atoms with Crippen LogP contribution in [-0.4, -0.2) is 49.7 Å². The molecule has 0 radical (unpaired) electrons. The van der Waals surface area contributed by atoms with E-state index in [1.54, 1.807) is 18.4 Å². The van der Waals surface area contributed by atoms with E-state index in [9.17, 15) is 0 Å². The van der Waals surface area contributed by atoms with E-state index in [-0.39, 0.29) is 0 Å². The Morgan fingerprint density at radius 2 is 1.95 bits per heavy atom. The third kappa shape index (κ3) is 3.43. The van der Waals surface area contributed by atoms with Crippen LogP contribution in [0.2, 0.25) is 0 Å². The summed E-state index contributed by atoms with van der Waals surface area (Å²) in [6.45, 7) is 3.43. The van der Waals surface area contributed by atoms with Crippen molar-refractivity contribution in [2.24, 2.45) is 0 Å². The largest absolute Gasteiger partial charge is 0.382 e. The molecular formula is C13H21N3O2S. The molecule has 2 fully saturated rings. The lowest BCUT2D eigenvalue weighted by Gasteiger charge is -2.31. The molecule has 19 heavy (non-hydrogen) atoms. The molecule has 0 unspecified atom stereocenters. The van der Waals surface area contributed by atoms with Crippen molar-refractivity contribution in [1.29, 1.82) is 0 Å². The Balaban J connectivity index is 1.46. The minimum Gasteiger partial charge on any atom is -0.382 e. The zero-order valence-corrected chi connectivity index (χ0v) is 12.2. The second-order valence-electron chi connectivity index (χ2n) is 5.25. The van der Waals surface area contributed by atoms with Gasteiger partial charge in [0.25, 0.3) is 0 Å². The summed E-state index contributed by atoms with van der Waals surface area (Å²) in [5.41, 5.74) is 0. The fourth-order valence-corrected chi connectivity index (χ4v) is 3.43. The van der Waals surface area contributed by atoms with E-state index in [0.29, 0.717) is 25.2 Å². The molecule has 5 nitrogen and oxygen atoms in total. The van der Waals surface area contributed by atoms with Gasteiger partial charge >= 0.3 is 0 Å². The Hall–Kier alpha value is -0.720. The second kappa shape index (κ2) is 6.15. The Morgan fingerprint density at radius 1 is 1.16 bits per heavy atom. The molecule has 3 rings (SSSR count). The minimum absolute atomic E-state index is 0.377. The number of aromatic nitrogens is 2. The highest BCUT2D eigenvalue weighted by Crippen LogP contribution is 2.42. The van der Waals surface area contributed by atoms with Gasteiger partial charge in [0, 0.05) is 26.1 Å². The van der Waals surface area contributed by atoms with Gasteiger partial charge < -0.3 is 14.4 Å². The third-order valence-corrected chi connectivity index (χ3v) is 4.86. The number of piperidine rings is 1. The summed E-state index contributed by atoms with van der Waals surface area (Å²) in [6.07, 6.45) is 5.11. The second-order valence-corrected chi connectivity index (χ2v) is 6.23. The molecule has 6 heteroatoms. The first-order valence-electron chi connectivity index (χ1n) is 7.05. The summed E-state index contributed by atoms with van der Waals surface area (Å²) in [5, 5.41) is 11.0. The number of ether oxygens (including phenoxy) is 2. The van der Waals surface area contributed by atoms with Gasteiger partial charge in [0.1, 0.15) is 5.01 Å². The molecule has 2 aliphatic rings. The van der Waals surface area contributed by atoms with E-state index in [1.165, 1.54) is 17.8 Å². The Labute approximate surface area is 117 Å². The molecule has 0 atom stereocenters. The molecule has 2 heterocycles. The predicted molar refractivity (Wildman–Crippen MR) is 74.9 cm³/mol. The quantitative estimate of drug-likeness (QED) is 0.748. The number of methoxy groups -OCH3 is 1. The highest BCUT2D eigenvalue weighted by atomic mass is 32.1. The fourth-order valence-electron chi connectivity index (χ4n) is 2.36. The van der Waals surface area contributed by atoms with Crippen LogP contribution in [0.1, 0.15) is 36.6 Å². The molecule has 1 aromatic heterocycles. The first kappa shape index (κ1) is 13.3. The number of hydrogen-bond donors (Lipinski definition) is 0. The van der Waals surface area contributed by atoms with E-state index >= 15 is 0 Å². The molecule has 0 bridgehead atoms. The first-order chi connectivity index (χ1) is 9.36. The summed E-state index contributed by atoms with van der Waals surface area (Å²) >= 11 is 1.78. The van der Waals surface area contributed by atoms with Crippen LogP contribution >= 0.6 is 11.3 Å². The van der Waals surface area contributed by atoms with Crippen LogP contribution in [0.25, 0.3) is 0 Å². The molecule has 0 amide bonds. The molecule has 1 saturated heterocycles. The van der Waals surface area contributed by atoms with Gasteiger partial charge in [-0.05, 0) is 25.7 Å². The molecule has 0 aromatic carbocycles. The molecule has 106 valence electrons. The summed E-state index contributed by atoms with van der Waals surface area (Å²) in [6, 6.07) is 0. The zero-order valence-electron chi connectivity index (χ0n) is 11.4. The fraction of sp³-hybridized carbons (Fsp3) is 0.846. The SMILES string of the molecule is COCCOC1CCN(c2nnc(C3CC3)s2)CC1. The number of anilines is 1. The molecule has 1 aromatic rings. The van der Waals surface area contributed by atoms with Crippen molar-refractivity contribution >= 4 is 16.5 Å². The van der Waals surface area contributed by atoms with Crippen molar-refractivity contribution in [3.63, 3.8) is 0 Å². The van der Waals surface area contributed by atoms with Crippen molar-refractivity contribution in [2.75, 3.05) is 38.3 Å². The molecule has 1 aliphatic carbocycles. The molecule has 1 aliphatic heterocycles. The van der Waals surface area contributed by atoms with Crippen LogP contribution in [0.5, 0.6) is 0 Å². The Morgan fingerprint density at radius 3 is 2.63 bits per heavy atom. The van der Waals surface area contributed by atoms with Gasteiger partial charge in [-0.2, -0.15) is 0 Å². The summed E-state index contributed by atoms with van der Waals surface area (Å²) in [4.78, 5) is 2.35. The molecule has 1 saturated carbocycles. The van der Waals surface area contributed by atoms with E-state index < -0.39 is 0 Å². The van der Waals surface area contributed by atoms with Crippen LogP contribution < -0.4 is 4.90 Å². The third-order valence-electron chi connectivity index (χ3n) is 3.71. The smallest absolute Gasteiger partial charge is 0.208 e. The number of nitrogens with zero attached hydrogens (tertiary/aromatic N) is 3. The predicted octanol–water partition coefficient (Wildman–Crippen LogP) is 2.05. The van der Waals surface area contributed by atoms with Gasteiger partial charge in [0.05, 0.1) is 19.3 Å². The van der Waals surface area contributed by atoms with Crippen molar-refractivity contribution < 1.29 is 9.47 Å². The van der Waals surface area contributed by atoms with Crippen LogP contribution in [-0.2, 0) is 9.47 Å². The normalized spacial score (nSPS) is 21.0. The summed E-state index contributed by atoms with van der Waals surface area (Å²) < 4.78 is 10.8. The lowest BCUT2D eigenvalue weighted by molar-refractivity contribution is 0.00609. The average molecular weight is 283 g/mol. The highest BCUT2D eigenvalue weighted by molar-refractivity contribution is 7.15. The van der Waals surface area contributed by atoms with Gasteiger partial charge in [-0.15, -0.1) is 10.2 Å². The van der Waals surface area contributed by atoms with Crippen LogP contribution in [0.15, 0.2) is 0 Å². The van der Waals surface area contributed by atoms with Gasteiger partial charge in [-0.25, -0.2) is 0 Å². The highest BCUT2D eigenvalue weighted by Gasteiger charge is 2.29. The lowest BCUT2D eigenvalue weighted by Crippen LogP contribution is -2.37. The maximum absolute atomic E-state index is 5.78. The van der Waals surface area contributed by atoms with Gasteiger partial charge in [0.2, 0.25) is 5.13 Å². The summed E-state index contributed by atoms with van der Waals surface area (Å²) in [5.74, 6) is 0.709. The van der Waals surface area contributed by atoms with Crippen molar-refractivity contribution in [1.82, 2.24) is 10.2 Å². The van der Waals surface area contributed by atoms with Crippen LogP contribution in [0.3, 0.4) is 0 Å². The van der Waals surface area contributed by atoms with Crippen LogP contribution in [0, 0.1) is 0 Å². The van der Waals surface area contributed by atoms with E-state index in [2.05, 4.69) is 15.1 Å². The van der Waals surface area contributed by atoms with Gasteiger partial charge in [-0.3, -0.25) is 0 Å². The lowest BCUT2D eigenvalue weighted by atomic mass is 10.1. The van der Waals surface area contributed by atoms with Crippen molar-refractivity contribution in [2.45, 2.75) is 37.7 Å². The van der Waals surface area contributed by atoms with Crippen molar-refractivity contribution in [3.8, 4) is 0 Å². The first-order valence-corrected chi connectivity index (χ1v) is 7.87. The van der Waals surface area contributed by atoms with Crippen molar-refractivity contribution in [3.05, 3.63) is 5.01 Å². The van der Waals surface area contributed by atoms with E-state index in [1.807, 2.05) is 0 Å². The number of hydrogen-bond acceptors (Lipinski definition) is 6. The average Bonchev–Trinajstić information content (AvgIpc) is 3.18. The van der Waals surface area contributed by atoms with Gasteiger partial charge in [-0.1, -0.05) is 11.3 Å². The molecular weight excluding hydrogens is 262 g/mol. The van der Waals surface area contributed by atoms with Gasteiger partial charge in [0.15, 0.2) is 0 Å². The Bertz CT molecular complexity index is 400. The zero-order chi connectivity index (χ0) is 13.1. The standard InChI is InChI=1S/C13H21N3O2S/c1-17-8-9-18-11-4-6-16(7-5-11)13-15-14-12(19-13)10-2-3-10/h10-11H,2-9H2,1H3. The molecule has 0 spiro atoms. The molecule has 0 N–H and O–H groups in total. The van der Waals surface area contributed by atoms with E-state index in [4.69, 9.17) is 9.47 Å². The van der Waals surface area contributed by atoms with E-state index in [0.717, 1.165) is 31.1 Å². The maximum atomic E-state index is 5.78. The minimum atomic E-state index is 0.377. The number of rotatable bonds is 6. The van der Waals surface area contributed by atoms with Crippen LogP contribution in [0.4, 0.5) is 5.13 Å². The Kier molecular flexibility index (Phi) is 4.30. The maximum Gasteiger partial charge on any atom is 0.208 e.